The number of ether oxygens (including phenoxy) is 1. The third kappa shape index (κ3) is 4.87. The van der Waals surface area contributed by atoms with Gasteiger partial charge in [0.1, 0.15) is 11.9 Å². The standard InChI is InChI=1S/C54H47NO/c1-53(2)47-20-11-9-16-45(47)50-48(53)32-31-44-43-18-12-17-40(51(43)56-52(44)50)36-23-27-38(28-24-36)55(37-25-21-35(22-26-37)34-13-6-5-7-14-34)39-29-30-42-41-15-8-10-19-46(41)54(3,4)49(42)33-39/h5-11,13-16,19-33,40,43,51H,12,17-18H2,1-4H3. The molecule has 11 rings (SSSR count). The molecule has 0 radical (unpaired) electrons. The molecule has 3 atom stereocenters. The van der Waals surface area contributed by atoms with E-state index in [0.29, 0.717) is 11.8 Å². The maximum absolute atomic E-state index is 7.21. The van der Waals surface area contributed by atoms with Crippen LogP contribution in [0.3, 0.4) is 0 Å². The Morgan fingerprint density at radius 3 is 1.80 bits per heavy atom. The van der Waals surface area contributed by atoms with Crippen molar-refractivity contribution < 1.29 is 4.74 Å². The SMILES string of the molecule is CC1(C)c2ccccc2-c2ccc(N(c3ccc(-c4ccccc4)cc3)c3ccc(C4CCCC5c6ccc7c(c6OC45)-c4ccccc4C7(C)C)cc3)cc21. The predicted molar refractivity (Wildman–Crippen MR) is 232 cm³/mol. The average Bonchev–Trinajstić information content (AvgIpc) is 3.82. The zero-order chi connectivity index (χ0) is 37.8. The minimum atomic E-state index is -0.0804. The van der Waals surface area contributed by atoms with E-state index in [4.69, 9.17) is 4.74 Å². The smallest absolute Gasteiger partial charge is 0.131 e. The fourth-order valence-electron chi connectivity index (χ4n) is 10.9. The van der Waals surface area contributed by atoms with Gasteiger partial charge in [0.15, 0.2) is 0 Å². The van der Waals surface area contributed by atoms with E-state index >= 15 is 0 Å². The summed E-state index contributed by atoms with van der Waals surface area (Å²) in [4.78, 5) is 2.44. The summed E-state index contributed by atoms with van der Waals surface area (Å²) in [5.41, 5.74) is 19.6. The first kappa shape index (κ1) is 33.5. The first-order chi connectivity index (χ1) is 27.3. The fraction of sp³-hybridized carbons (Fsp3) is 0.222. The van der Waals surface area contributed by atoms with Crippen molar-refractivity contribution in [2.24, 2.45) is 0 Å². The molecule has 0 N–H and O–H groups in total. The molecule has 0 spiro atoms. The molecule has 4 aliphatic rings. The van der Waals surface area contributed by atoms with E-state index in [-0.39, 0.29) is 16.9 Å². The van der Waals surface area contributed by atoms with Crippen molar-refractivity contribution in [2.45, 2.75) is 75.7 Å². The van der Waals surface area contributed by atoms with Crippen molar-refractivity contribution in [3.8, 4) is 39.1 Å². The molecule has 0 aromatic heterocycles. The second kappa shape index (κ2) is 12.3. The van der Waals surface area contributed by atoms with E-state index in [2.05, 4.69) is 190 Å². The van der Waals surface area contributed by atoms with Gasteiger partial charge in [-0.15, -0.1) is 0 Å². The van der Waals surface area contributed by atoms with E-state index in [1.54, 1.807) is 0 Å². The van der Waals surface area contributed by atoms with Crippen LogP contribution in [-0.2, 0) is 10.8 Å². The van der Waals surface area contributed by atoms with Gasteiger partial charge in [0.2, 0.25) is 0 Å². The predicted octanol–water partition coefficient (Wildman–Crippen LogP) is 14.2. The first-order valence-electron chi connectivity index (χ1n) is 20.5. The summed E-state index contributed by atoms with van der Waals surface area (Å²) >= 11 is 0. The molecule has 2 heteroatoms. The number of rotatable bonds is 5. The highest BCUT2D eigenvalue weighted by atomic mass is 16.5. The Morgan fingerprint density at radius 2 is 1.05 bits per heavy atom. The minimum Gasteiger partial charge on any atom is -0.488 e. The Balaban J connectivity index is 0.960. The van der Waals surface area contributed by atoms with Crippen LogP contribution >= 0.6 is 0 Å². The van der Waals surface area contributed by atoms with Crippen LogP contribution in [0.2, 0.25) is 0 Å². The molecule has 0 amide bonds. The molecule has 7 aromatic rings. The van der Waals surface area contributed by atoms with Gasteiger partial charge in [-0.1, -0.05) is 155 Å². The summed E-state index contributed by atoms with van der Waals surface area (Å²) in [5, 5.41) is 0. The topological polar surface area (TPSA) is 12.5 Å². The van der Waals surface area contributed by atoms with Crippen LogP contribution in [-0.4, -0.2) is 6.10 Å². The molecule has 1 fully saturated rings. The lowest BCUT2D eigenvalue weighted by atomic mass is 9.73. The number of benzene rings is 7. The number of hydrogen-bond donors (Lipinski definition) is 0. The number of anilines is 3. The zero-order valence-corrected chi connectivity index (χ0v) is 32.7. The Hall–Kier alpha value is -5.86. The van der Waals surface area contributed by atoms with Crippen molar-refractivity contribution in [3.05, 3.63) is 191 Å². The van der Waals surface area contributed by atoms with E-state index in [1.165, 1.54) is 85.3 Å². The Bertz CT molecular complexity index is 2650. The van der Waals surface area contributed by atoms with Gasteiger partial charge < -0.3 is 9.64 Å². The van der Waals surface area contributed by atoms with Gasteiger partial charge in [0.25, 0.3) is 0 Å². The molecule has 3 aliphatic carbocycles. The van der Waals surface area contributed by atoms with Gasteiger partial charge in [-0.25, -0.2) is 0 Å². The summed E-state index contributed by atoms with van der Waals surface area (Å²) in [6, 6.07) is 58.9. The molecule has 1 heterocycles. The lowest BCUT2D eigenvalue weighted by Gasteiger charge is -2.33. The lowest BCUT2D eigenvalue weighted by Crippen LogP contribution is -2.31. The molecule has 0 bridgehead atoms. The average molecular weight is 726 g/mol. The summed E-state index contributed by atoms with van der Waals surface area (Å²) in [6.07, 6.45) is 3.68. The Labute approximate surface area is 331 Å². The zero-order valence-electron chi connectivity index (χ0n) is 32.7. The molecule has 274 valence electrons. The quantitative estimate of drug-likeness (QED) is 0.175. The van der Waals surface area contributed by atoms with Crippen molar-refractivity contribution in [3.63, 3.8) is 0 Å². The molecular weight excluding hydrogens is 679 g/mol. The van der Waals surface area contributed by atoms with E-state index in [0.717, 1.165) is 23.5 Å². The van der Waals surface area contributed by atoms with Crippen LogP contribution in [0.4, 0.5) is 17.1 Å². The van der Waals surface area contributed by atoms with Crippen LogP contribution in [0.1, 0.15) is 92.2 Å². The molecular formula is C54H47NO. The van der Waals surface area contributed by atoms with Gasteiger partial charge in [0.05, 0.1) is 0 Å². The van der Waals surface area contributed by atoms with Crippen molar-refractivity contribution in [1.82, 2.24) is 0 Å². The molecule has 56 heavy (non-hydrogen) atoms. The summed E-state index contributed by atoms with van der Waals surface area (Å²) < 4.78 is 7.21. The van der Waals surface area contributed by atoms with Gasteiger partial charge in [0, 0.05) is 50.9 Å². The second-order valence-electron chi connectivity index (χ2n) is 17.5. The van der Waals surface area contributed by atoms with Crippen LogP contribution < -0.4 is 9.64 Å². The van der Waals surface area contributed by atoms with Crippen molar-refractivity contribution in [1.29, 1.82) is 0 Å². The maximum Gasteiger partial charge on any atom is 0.131 e. The Kier molecular flexibility index (Phi) is 7.37. The number of fused-ring (bicyclic) bond motifs is 10. The van der Waals surface area contributed by atoms with Crippen LogP contribution in [0.15, 0.2) is 158 Å². The Morgan fingerprint density at radius 1 is 0.482 bits per heavy atom. The fourth-order valence-corrected chi connectivity index (χ4v) is 10.9. The molecule has 1 saturated carbocycles. The highest BCUT2D eigenvalue weighted by molar-refractivity contribution is 5.88. The van der Waals surface area contributed by atoms with Crippen LogP contribution in [0.5, 0.6) is 5.75 Å². The van der Waals surface area contributed by atoms with Crippen molar-refractivity contribution >= 4 is 17.1 Å². The minimum absolute atomic E-state index is 0.0282. The monoisotopic (exact) mass is 725 g/mol. The summed E-state index contributed by atoms with van der Waals surface area (Å²) in [5.74, 6) is 1.90. The molecule has 2 nitrogen and oxygen atoms in total. The normalized spacial score (nSPS) is 20.2. The summed E-state index contributed by atoms with van der Waals surface area (Å²) in [7, 11) is 0. The number of hydrogen-bond acceptors (Lipinski definition) is 2. The van der Waals surface area contributed by atoms with E-state index in [9.17, 15) is 0 Å². The molecule has 0 saturated heterocycles. The number of nitrogens with zero attached hydrogens (tertiary/aromatic N) is 1. The first-order valence-corrected chi connectivity index (χ1v) is 20.5. The molecule has 3 unspecified atom stereocenters. The van der Waals surface area contributed by atoms with E-state index in [1.807, 2.05) is 0 Å². The largest absolute Gasteiger partial charge is 0.488 e. The van der Waals surface area contributed by atoms with Crippen LogP contribution in [0.25, 0.3) is 33.4 Å². The highest BCUT2D eigenvalue weighted by Crippen LogP contribution is 2.59. The van der Waals surface area contributed by atoms with Crippen molar-refractivity contribution in [2.75, 3.05) is 4.90 Å². The third-order valence-electron chi connectivity index (χ3n) is 13.8. The van der Waals surface area contributed by atoms with Gasteiger partial charge >= 0.3 is 0 Å². The lowest BCUT2D eigenvalue weighted by molar-refractivity contribution is 0.138. The van der Waals surface area contributed by atoms with Gasteiger partial charge in [-0.05, 0) is 105 Å². The van der Waals surface area contributed by atoms with Gasteiger partial charge in [-0.3, -0.25) is 0 Å². The summed E-state index contributed by atoms with van der Waals surface area (Å²) in [6.45, 7) is 9.45. The third-order valence-corrected chi connectivity index (χ3v) is 13.8. The second-order valence-corrected chi connectivity index (χ2v) is 17.5. The van der Waals surface area contributed by atoms with E-state index < -0.39 is 0 Å². The molecule has 1 aliphatic heterocycles. The van der Waals surface area contributed by atoms with Gasteiger partial charge in [-0.2, -0.15) is 0 Å². The maximum atomic E-state index is 7.21. The molecule has 7 aromatic carbocycles. The highest BCUT2D eigenvalue weighted by Gasteiger charge is 2.47. The van der Waals surface area contributed by atoms with Crippen LogP contribution in [0, 0.1) is 0 Å².